The zero-order chi connectivity index (χ0) is 12.1. The second-order valence-corrected chi connectivity index (χ2v) is 5.43. The lowest BCUT2D eigenvalue weighted by Gasteiger charge is -2.36. The Bertz CT molecular complexity index is 211. The molecule has 0 radical (unpaired) electrons. The van der Waals surface area contributed by atoms with Crippen LogP contribution in [0, 0.1) is 5.92 Å². The third-order valence-corrected chi connectivity index (χ3v) is 4.04. The maximum atomic E-state index is 6.27. The summed E-state index contributed by atoms with van der Waals surface area (Å²) in [4.78, 5) is 5.08. The van der Waals surface area contributed by atoms with Crippen LogP contribution in [0.3, 0.4) is 0 Å². The van der Waals surface area contributed by atoms with Gasteiger partial charge < -0.3 is 15.4 Å². The Morgan fingerprint density at radius 1 is 1.24 bits per heavy atom. The third-order valence-electron chi connectivity index (χ3n) is 4.04. The molecule has 2 aliphatic heterocycles. The van der Waals surface area contributed by atoms with Crippen LogP contribution in [-0.4, -0.2) is 68.3 Å². The standard InChI is InChI=1S/C13H27N3O/c1-2-4-15-5-7-16(8-6-15)10-13(14)12-3-9-17-11-12/h12-13H,2-11,14H2,1H3. The van der Waals surface area contributed by atoms with Crippen molar-refractivity contribution in [2.45, 2.75) is 25.8 Å². The number of ether oxygens (including phenoxy) is 1. The van der Waals surface area contributed by atoms with E-state index in [1.807, 2.05) is 0 Å². The third kappa shape index (κ3) is 3.91. The van der Waals surface area contributed by atoms with Crippen LogP contribution in [0.5, 0.6) is 0 Å². The summed E-state index contributed by atoms with van der Waals surface area (Å²) in [5, 5.41) is 0. The van der Waals surface area contributed by atoms with Crippen LogP contribution in [0.15, 0.2) is 0 Å². The van der Waals surface area contributed by atoms with Gasteiger partial charge in [-0.25, -0.2) is 0 Å². The van der Waals surface area contributed by atoms with E-state index in [0.29, 0.717) is 12.0 Å². The van der Waals surface area contributed by atoms with Crippen LogP contribution in [0.1, 0.15) is 19.8 Å². The Morgan fingerprint density at radius 2 is 1.94 bits per heavy atom. The molecule has 0 spiro atoms. The highest BCUT2D eigenvalue weighted by atomic mass is 16.5. The van der Waals surface area contributed by atoms with Crippen LogP contribution in [0.2, 0.25) is 0 Å². The van der Waals surface area contributed by atoms with E-state index in [9.17, 15) is 0 Å². The molecule has 2 unspecified atom stereocenters. The predicted molar refractivity (Wildman–Crippen MR) is 70.1 cm³/mol. The quantitative estimate of drug-likeness (QED) is 0.755. The summed E-state index contributed by atoms with van der Waals surface area (Å²) in [5.74, 6) is 0.587. The lowest BCUT2D eigenvalue weighted by atomic mass is 9.99. The van der Waals surface area contributed by atoms with E-state index >= 15 is 0 Å². The van der Waals surface area contributed by atoms with Crippen molar-refractivity contribution in [2.24, 2.45) is 11.7 Å². The van der Waals surface area contributed by atoms with Crippen LogP contribution >= 0.6 is 0 Å². The summed E-state index contributed by atoms with van der Waals surface area (Å²) in [6.45, 7) is 11.1. The van der Waals surface area contributed by atoms with E-state index in [1.54, 1.807) is 0 Å². The molecule has 0 bridgehead atoms. The average Bonchev–Trinajstić information content (AvgIpc) is 2.86. The number of piperazine rings is 1. The topological polar surface area (TPSA) is 41.7 Å². The first-order chi connectivity index (χ1) is 8.29. The second kappa shape index (κ2) is 6.69. The molecule has 17 heavy (non-hydrogen) atoms. The van der Waals surface area contributed by atoms with Crippen LogP contribution in [0.25, 0.3) is 0 Å². The van der Waals surface area contributed by atoms with E-state index < -0.39 is 0 Å². The maximum absolute atomic E-state index is 6.27. The second-order valence-electron chi connectivity index (χ2n) is 5.43. The highest BCUT2D eigenvalue weighted by Crippen LogP contribution is 2.16. The summed E-state index contributed by atoms with van der Waals surface area (Å²) >= 11 is 0. The molecule has 2 atom stereocenters. The number of hydrogen-bond acceptors (Lipinski definition) is 4. The van der Waals surface area contributed by atoms with Crippen LogP contribution in [-0.2, 0) is 4.74 Å². The van der Waals surface area contributed by atoms with Crippen molar-refractivity contribution in [2.75, 3.05) is 52.5 Å². The van der Waals surface area contributed by atoms with E-state index in [-0.39, 0.29) is 0 Å². The predicted octanol–water partition coefficient (Wildman–Crippen LogP) is 0.378. The monoisotopic (exact) mass is 241 g/mol. The minimum Gasteiger partial charge on any atom is -0.381 e. The van der Waals surface area contributed by atoms with E-state index in [0.717, 1.165) is 26.2 Å². The first kappa shape index (κ1) is 13.3. The number of nitrogens with zero attached hydrogens (tertiary/aromatic N) is 2. The minimum absolute atomic E-state index is 0.301. The molecule has 2 heterocycles. The Morgan fingerprint density at radius 3 is 2.53 bits per heavy atom. The van der Waals surface area contributed by atoms with Gasteiger partial charge in [-0.3, -0.25) is 4.90 Å². The Labute approximate surface area is 105 Å². The van der Waals surface area contributed by atoms with Crippen molar-refractivity contribution < 1.29 is 4.74 Å². The first-order valence-corrected chi connectivity index (χ1v) is 7.07. The van der Waals surface area contributed by atoms with Crippen molar-refractivity contribution in [1.82, 2.24) is 9.80 Å². The molecule has 2 rings (SSSR count). The van der Waals surface area contributed by atoms with Gasteiger partial charge in [-0.2, -0.15) is 0 Å². The Kier molecular flexibility index (Phi) is 5.22. The van der Waals surface area contributed by atoms with E-state index in [1.165, 1.54) is 39.1 Å². The van der Waals surface area contributed by atoms with Crippen molar-refractivity contribution in [3.8, 4) is 0 Å². The number of rotatable bonds is 5. The molecule has 2 fully saturated rings. The van der Waals surface area contributed by atoms with E-state index in [2.05, 4.69) is 16.7 Å². The normalized spacial score (nSPS) is 29.6. The van der Waals surface area contributed by atoms with Gasteiger partial charge in [-0.05, 0) is 19.4 Å². The molecular formula is C13H27N3O. The molecule has 0 saturated carbocycles. The molecule has 0 aromatic rings. The zero-order valence-corrected chi connectivity index (χ0v) is 11.1. The maximum Gasteiger partial charge on any atom is 0.0510 e. The summed E-state index contributed by atoms with van der Waals surface area (Å²) in [5.41, 5.74) is 6.27. The summed E-state index contributed by atoms with van der Waals surface area (Å²) in [7, 11) is 0. The molecule has 100 valence electrons. The Balaban J connectivity index is 1.66. The van der Waals surface area contributed by atoms with E-state index in [4.69, 9.17) is 10.5 Å². The summed E-state index contributed by atoms with van der Waals surface area (Å²) in [6, 6.07) is 0.301. The van der Waals surface area contributed by atoms with Gasteiger partial charge in [0, 0.05) is 51.3 Å². The van der Waals surface area contributed by atoms with Gasteiger partial charge in [0.2, 0.25) is 0 Å². The molecule has 0 aliphatic carbocycles. The lowest BCUT2D eigenvalue weighted by Crippen LogP contribution is -2.51. The van der Waals surface area contributed by atoms with Gasteiger partial charge in [0.15, 0.2) is 0 Å². The smallest absolute Gasteiger partial charge is 0.0510 e. The SMILES string of the molecule is CCCN1CCN(CC(N)C2CCOC2)CC1. The molecular weight excluding hydrogens is 214 g/mol. The molecule has 0 aromatic heterocycles. The molecule has 2 N–H and O–H groups in total. The molecule has 4 heteroatoms. The van der Waals surface area contributed by atoms with Crippen molar-refractivity contribution in [1.29, 1.82) is 0 Å². The fraction of sp³-hybridized carbons (Fsp3) is 1.00. The zero-order valence-electron chi connectivity index (χ0n) is 11.1. The fourth-order valence-corrected chi connectivity index (χ4v) is 2.85. The van der Waals surface area contributed by atoms with Crippen LogP contribution < -0.4 is 5.73 Å². The van der Waals surface area contributed by atoms with Gasteiger partial charge >= 0.3 is 0 Å². The number of hydrogen-bond donors (Lipinski definition) is 1. The molecule has 0 aromatic carbocycles. The summed E-state index contributed by atoms with van der Waals surface area (Å²) in [6.07, 6.45) is 2.41. The molecule has 2 saturated heterocycles. The Hall–Kier alpha value is -0.160. The van der Waals surface area contributed by atoms with Crippen molar-refractivity contribution >= 4 is 0 Å². The molecule has 0 amide bonds. The molecule has 2 aliphatic rings. The van der Waals surface area contributed by atoms with Crippen LogP contribution in [0.4, 0.5) is 0 Å². The van der Waals surface area contributed by atoms with Gasteiger partial charge in [0.05, 0.1) is 6.61 Å². The lowest BCUT2D eigenvalue weighted by molar-refractivity contribution is 0.116. The highest BCUT2D eigenvalue weighted by molar-refractivity contribution is 4.81. The number of nitrogens with two attached hydrogens (primary N) is 1. The highest BCUT2D eigenvalue weighted by Gasteiger charge is 2.25. The van der Waals surface area contributed by atoms with Gasteiger partial charge in [-0.1, -0.05) is 6.92 Å². The van der Waals surface area contributed by atoms with Gasteiger partial charge in [0.25, 0.3) is 0 Å². The van der Waals surface area contributed by atoms with Gasteiger partial charge in [0.1, 0.15) is 0 Å². The summed E-state index contributed by atoms with van der Waals surface area (Å²) < 4.78 is 5.41. The first-order valence-electron chi connectivity index (χ1n) is 7.07. The average molecular weight is 241 g/mol. The van der Waals surface area contributed by atoms with Crippen molar-refractivity contribution in [3.05, 3.63) is 0 Å². The fourth-order valence-electron chi connectivity index (χ4n) is 2.85. The van der Waals surface area contributed by atoms with Crippen molar-refractivity contribution in [3.63, 3.8) is 0 Å². The largest absolute Gasteiger partial charge is 0.381 e. The molecule has 4 nitrogen and oxygen atoms in total. The minimum atomic E-state index is 0.301. The van der Waals surface area contributed by atoms with Gasteiger partial charge in [-0.15, -0.1) is 0 Å².